The normalized spacial score (nSPS) is 29.0. The number of ether oxygens (including phenoxy) is 1. The Kier molecular flexibility index (Phi) is 8.61. The van der Waals surface area contributed by atoms with Gasteiger partial charge in [-0.05, 0) is 12.0 Å². The number of carbonyl (C=O) groups is 1. The van der Waals surface area contributed by atoms with E-state index in [0.29, 0.717) is 12.2 Å². The molecule has 0 aliphatic carbocycles. The molecule has 144 valence electrons. The first-order valence-corrected chi connectivity index (χ1v) is 9.87. The van der Waals surface area contributed by atoms with Crippen molar-refractivity contribution >= 4 is 23.7 Å². The van der Waals surface area contributed by atoms with Crippen molar-refractivity contribution in [2.75, 3.05) is 12.3 Å². The third-order valence-corrected chi connectivity index (χ3v) is 5.22. The van der Waals surface area contributed by atoms with Gasteiger partial charge in [0.2, 0.25) is 5.91 Å². The number of aliphatic hydroxyl groups excluding tert-OH is 3. The molecule has 4 N–H and O–H groups in total. The summed E-state index contributed by atoms with van der Waals surface area (Å²) in [6, 6.07) is 9.83. The number of hydrogen-bond donors (Lipinski definition) is 4. The largest absolute Gasteiger partial charge is 0.388 e. The van der Waals surface area contributed by atoms with Gasteiger partial charge in [-0.3, -0.25) is 4.79 Å². The summed E-state index contributed by atoms with van der Waals surface area (Å²) in [5.74, 6) is 0.452. The van der Waals surface area contributed by atoms with Crippen molar-refractivity contribution in [3.8, 4) is 0 Å². The number of thioether (sulfide) groups is 1. The number of rotatable bonds is 8. The lowest BCUT2D eigenvalue weighted by Crippen LogP contribution is -2.59. The first-order chi connectivity index (χ1) is 12.5. The molecular weight excluding hydrogens is 354 g/mol. The summed E-state index contributed by atoms with van der Waals surface area (Å²) in [7, 11) is 0. The Labute approximate surface area is 158 Å². The lowest BCUT2D eigenvalue weighted by Gasteiger charge is -2.40. The number of amides is 1. The minimum absolute atomic E-state index is 0.0979. The molecule has 1 amide bonds. The van der Waals surface area contributed by atoms with Gasteiger partial charge in [0.15, 0.2) is 0 Å². The van der Waals surface area contributed by atoms with Crippen molar-refractivity contribution in [3.05, 3.63) is 42.0 Å². The fraction of sp³-hybridized carbons (Fsp3) is 0.526. The summed E-state index contributed by atoms with van der Waals surface area (Å²) < 4.78 is 5.72. The first kappa shape index (κ1) is 20.9. The van der Waals surface area contributed by atoms with E-state index >= 15 is 0 Å². The van der Waals surface area contributed by atoms with Crippen LogP contribution in [0, 0.1) is 0 Å². The molecule has 1 aliphatic heterocycles. The van der Waals surface area contributed by atoms with Gasteiger partial charge in [-0.25, -0.2) is 0 Å². The predicted molar refractivity (Wildman–Crippen MR) is 103 cm³/mol. The summed E-state index contributed by atoms with van der Waals surface area (Å²) in [5.41, 5.74) is 0.395. The lowest BCUT2D eigenvalue weighted by atomic mass is 10.00. The quantitative estimate of drug-likeness (QED) is 0.539. The van der Waals surface area contributed by atoms with Gasteiger partial charge >= 0.3 is 0 Å². The van der Waals surface area contributed by atoms with E-state index in [1.54, 1.807) is 0 Å². The summed E-state index contributed by atoms with van der Waals surface area (Å²) in [4.78, 5) is 11.6. The van der Waals surface area contributed by atoms with Crippen molar-refractivity contribution in [1.82, 2.24) is 5.32 Å². The zero-order valence-corrected chi connectivity index (χ0v) is 15.6. The Balaban J connectivity index is 1.86. The summed E-state index contributed by atoms with van der Waals surface area (Å²) >= 11 is 1.34. The second-order valence-corrected chi connectivity index (χ2v) is 7.35. The van der Waals surface area contributed by atoms with Crippen LogP contribution in [0.3, 0.4) is 0 Å². The molecule has 0 radical (unpaired) electrons. The van der Waals surface area contributed by atoms with Crippen LogP contribution in [-0.2, 0) is 9.53 Å². The van der Waals surface area contributed by atoms with Crippen LogP contribution in [0.5, 0.6) is 0 Å². The average Bonchev–Trinajstić information content (AvgIpc) is 2.65. The van der Waals surface area contributed by atoms with Crippen molar-refractivity contribution in [1.29, 1.82) is 0 Å². The molecule has 1 aromatic carbocycles. The zero-order valence-electron chi connectivity index (χ0n) is 14.8. The highest BCUT2D eigenvalue weighted by Gasteiger charge is 2.43. The van der Waals surface area contributed by atoms with Gasteiger partial charge in [0, 0.05) is 18.7 Å². The standard InChI is InChI=1S/C19H27NO5S/c1-2-7-15(21)20-12-14-16(22)17(23)18(24)19(25-14)26-11-6-10-13-8-4-3-5-9-13/h3-6,8-10,14,16-19,22-24H,2,7,11-12H2,1H3,(H,20,21)/b10-6+. The van der Waals surface area contributed by atoms with Gasteiger partial charge in [-0.15, -0.1) is 11.8 Å². The van der Waals surface area contributed by atoms with Crippen molar-refractivity contribution in [2.24, 2.45) is 0 Å². The molecule has 1 aliphatic rings. The second-order valence-electron chi connectivity index (χ2n) is 6.22. The highest BCUT2D eigenvalue weighted by atomic mass is 32.2. The summed E-state index contributed by atoms with van der Waals surface area (Å²) in [5, 5.41) is 33.0. The van der Waals surface area contributed by atoms with E-state index in [2.05, 4.69) is 5.32 Å². The van der Waals surface area contributed by atoms with Crippen molar-refractivity contribution in [3.63, 3.8) is 0 Å². The molecule has 2 rings (SSSR count). The minimum Gasteiger partial charge on any atom is -0.388 e. The van der Waals surface area contributed by atoms with Crippen LogP contribution in [0.1, 0.15) is 25.3 Å². The summed E-state index contributed by atoms with van der Waals surface area (Å²) in [6.45, 7) is 2.00. The van der Waals surface area contributed by atoms with Gasteiger partial charge in [0.05, 0.1) is 0 Å². The monoisotopic (exact) mass is 381 g/mol. The molecule has 6 nitrogen and oxygen atoms in total. The molecule has 0 spiro atoms. The smallest absolute Gasteiger partial charge is 0.220 e. The van der Waals surface area contributed by atoms with Gasteiger partial charge in [0.1, 0.15) is 29.9 Å². The van der Waals surface area contributed by atoms with Gasteiger partial charge < -0.3 is 25.4 Å². The van der Waals surface area contributed by atoms with Crippen LogP contribution < -0.4 is 5.32 Å². The molecule has 1 aromatic rings. The number of nitrogens with one attached hydrogen (secondary N) is 1. The molecular formula is C19H27NO5S. The fourth-order valence-electron chi connectivity index (χ4n) is 2.65. The van der Waals surface area contributed by atoms with E-state index in [1.807, 2.05) is 49.4 Å². The topological polar surface area (TPSA) is 99.0 Å². The lowest BCUT2D eigenvalue weighted by molar-refractivity contribution is -0.196. The Morgan fingerprint density at radius 2 is 1.92 bits per heavy atom. The molecule has 5 unspecified atom stereocenters. The van der Waals surface area contributed by atoms with E-state index in [9.17, 15) is 20.1 Å². The number of carbonyl (C=O) groups excluding carboxylic acids is 1. The highest BCUT2D eigenvalue weighted by Crippen LogP contribution is 2.28. The SMILES string of the molecule is CCCC(=O)NCC1OC(SC/C=C/c2ccccc2)C(O)C(O)C1O. The third kappa shape index (κ3) is 6.10. The molecule has 0 aromatic heterocycles. The minimum atomic E-state index is -1.31. The Bertz CT molecular complexity index is 583. The maximum absolute atomic E-state index is 11.6. The Hall–Kier alpha value is -1.38. The predicted octanol–water partition coefficient (Wildman–Crippen LogP) is 1.16. The van der Waals surface area contributed by atoms with Gasteiger partial charge in [-0.2, -0.15) is 0 Å². The van der Waals surface area contributed by atoms with Crippen molar-refractivity contribution in [2.45, 2.75) is 49.6 Å². The van der Waals surface area contributed by atoms with E-state index < -0.39 is 29.9 Å². The maximum Gasteiger partial charge on any atom is 0.220 e. The zero-order chi connectivity index (χ0) is 18.9. The second kappa shape index (κ2) is 10.7. The van der Waals surface area contributed by atoms with Crippen LogP contribution in [0.25, 0.3) is 6.08 Å². The molecule has 26 heavy (non-hydrogen) atoms. The van der Waals surface area contributed by atoms with Crippen LogP contribution in [0.4, 0.5) is 0 Å². The third-order valence-electron chi connectivity index (χ3n) is 4.11. The van der Waals surface area contributed by atoms with E-state index in [1.165, 1.54) is 11.8 Å². The maximum atomic E-state index is 11.6. The van der Waals surface area contributed by atoms with Crippen LogP contribution >= 0.6 is 11.8 Å². The van der Waals surface area contributed by atoms with Crippen molar-refractivity contribution < 1.29 is 24.9 Å². The molecule has 0 bridgehead atoms. The molecule has 5 atom stereocenters. The highest BCUT2D eigenvalue weighted by molar-refractivity contribution is 7.99. The Morgan fingerprint density at radius 1 is 1.19 bits per heavy atom. The van der Waals surface area contributed by atoms with Crippen LogP contribution in [-0.4, -0.2) is 63.4 Å². The molecule has 7 heteroatoms. The van der Waals surface area contributed by atoms with Gasteiger partial charge in [-0.1, -0.05) is 49.4 Å². The van der Waals surface area contributed by atoms with E-state index in [-0.39, 0.29) is 12.5 Å². The molecule has 1 fully saturated rings. The van der Waals surface area contributed by atoms with Crippen LogP contribution in [0.2, 0.25) is 0 Å². The first-order valence-electron chi connectivity index (χ1n) is 8.82. The van der Waals surface area contributed by atoms with E-state index in [0.717, 1.165) is 12.0 Å². The van der Waals surface area contributed by atoms with Crippen LogP contribution in [0.15, 0.2) is 36.4 Å². The summed E-state index contributed by atoms with van der Waals surface area (Å²) in [6.07, 6.45) is 0.536. The number of benzene rings is 1. The molecule has 1 saturated heterocycles. The molecule has 1 heterocycles. The Morgan fingerprint density at radius 3 is 2.62 bits per heavy atom. The number of aliphatic hydroxyl groups is 3. The fourth-order valence-corrected chi connectivity index (χ4v) is 3.63. The van der Waals surface area contributed by atoms with E-state index in [4.69, 9.17) is 4.74 Å². The molecule has 0 saturated carbocycles. The van der Waals surface area contributed by atoms with Gasteiger partial charge in [0.25, 0.3) is 0 Å². The average molecular weight is 381 g/mol. The number of hydrogen-bond acceptors (Lipinski definition) is 6.